The molecule has 2 rings (SSSR count). The summed E-state index contributed by atoms with van der Waals surface area (Å²) in [4.78, 5) is 35.4. The maximum absolute atomic E-state index is 11.8. The number of hydrogen-bond donors (Lipinski definition) is 1. The van der Waals surface area contributed by atoms with Gasteiger partial charge in [-0.05, 0) is 12.3 Å². The van der Waals surface area contributed by atoms with E-state index in [1.54, 1.807) is 0 Å². The van der Waals surface area contributed by atoms with Crippen LogP contribution in [0.5, 0.6) is 0 Å². The molecule has 1 heterocycles. The van der Waals surface area contributed by atoms with Crippen LogP contribution in [-0.2, 0) is 14.4 Å². The number of nitrogens with one attached hydrogen (secondary N) is 1. The Morgan fingerprint density at radius 2 is 1.76 bits per heavy atom. The van der Waals surface area contributed by atoms with E-state index in [0.29, 0.717) is 12.3 Å². The third kappa shape index (κ3) is 3.28. The fraction of sp³-hybridized carbons (Fsp3) is 0.750. The first-order chi connectivity index (χ1) is 8.15. The molecular weight excluding hydrogens is 220 g/mol. The Morgan fingerprint density at radius 1 is 1.18 bits per heavy atom. The lowest BCUT2D eigenvalue weighted by atomic mass is 10.0. The predicted octanol–water partition coefficient (Wildman–Crippen LogP) is 0.442. The van der Waals surface area contributed by atoms with Crippen molar-refractivity contribution in [3.63, 3.8) is 0 Å². The summed E-state index contributed by atoms with van der Waals surface area (Å²) in [6.07, 6.45) is 6.32. The molecule has 0 spiro atoms. The van der Waals surface area contributed by atoms with Gasteiger partial charge in [0, 0.05) is 6.42 Å². The number of carbonyl (C=O) groups excluding carboxylic acids is 3. The van der Waals surface area contributed by atoms with E-state index in [0.717, 1.165) is 6.42 Å². The lowest BCUT2D eigenvalue weighted by molar-refractivity contribution is -0.145. The maximum atomic E-state index is 11.8. The van der Waals surface area contributed by atoms with Crippen molar-refractivity contribution in [1.82, 2.24) is 10.2 Å². The second-order valence-corrected chi connectivity index (χ2v) is 4.91. The monoisotopic (exact) mass is 238 g/mol. The van der Waals surface area contributed by atoms with Gasteiger partial charge >= 0.3 is 0 Å². The molecule has 0 aromatic heterocycles. The van der Waals surface area contributed by atoms with E-state index in [1.165, 1.54) is 30.6 Å². The minimum atomic E-state index is -0.379. The molecule has 2 aliphatic rings. The highest BCUT2D eigenvalue weighted by molar-refractivity contribution is 6.02. The van der Waals surface area contributed by atoms with Gasteiger partial charge in [-0.25, -0.2) is 0 Å². The van der Waals surface area contributed by atoms with Crippen molar-refractivity contribution in [3.8, 4) is 0 Å². The van der Waals surface area contributed by atoms with Crippen LogP contribution in [0.3, 0.4) is 0 Å². The normalized spacial score (nSPS) is 21.8. The van der Waals surface area contributed by atoms with Crippen LogP contribution in [-0.4, -0.2) is 35.7 Å². The van der Waals surface area contributed by atoms with Crippen LogP contribution in [0.25, 0.3) is 0 Å². The van der Waals surface area contributed by atoms with E-state index < -0.39 is 0 Å². The van der Waals surface area contributed by atoms with Gasteiger partial charge in [0.15, 0.2) is 0 Å². The number of amides is 3. The van der Waals surface area contributed by atoms with Crippen LogP contribution in [0.15, 0.2) is 0 Å². The van der Waals surface area contributed by atoms with Gasteiger partial charge in [0.25, 0.3) is 0 Å². The van der Waals surface area contributed by atoms with Gasteiger partial charge in [-0.3, -0.25) is 19.7 Å². The van der Waals surface area contributed by atoms with E-state index in [-0.39, 0.29) is 30.8 Å². The lowest BCUT2D eigenvalue weighted by Crippen LogP contribution is -2.53. The molecule has 1 aliphatic carbocycles. The Labute approximate surface area is 101 Å². The molecule has 17 heavy (non-hydrogen) atoms. The highest BCUT2D eigenvalue weighted by Crippen LogP contribution is 2.28. The van der Waals surface area contributed by atoms with Gasteiger partial charge in [0.05, 0.1) is 0 Å². The van der Waals surface area contributed by atoms with E-state index in [9.17, 15) is 14.4 Å². The third-order valence-electron chi connectivity index (χ3n) is 3.54. The number of imide groups is 1. The summed E-state index contributed by atoms with van der Waals surface area (Å²) in [6.45, 7) is 0.0461. The van der Waals surface area contributed by atoms with Crippen molar-refractivity contribution in [2.45, 2.75) is 38.5 Å². The quantitative estimate of drug-likeness (QED) is 0.726. The summed E-state index contributed by atoms with van der Waals surface area (Å²) in [5.41, 5.74) is 0. The summed E-state index contributed by atoms with van der Waals surface area (Å²) < 4.78 is 0. The van der Waals surface area contributed by atoms with Crippen LogP contribution in [0, 0.1) is 5.92 Å². The molecule has 0 unspecified atom stereocenters. The molecule has 1 aliphatic heterocycles. The molecular formula is C12H18N2O3. The summed E-state index contributed by atoms with van der Waals surface area (Å²) in [5, 5.41) is 2.19. The van der Waals surface area contributed by atoms with E-state index in [4.69, 9.17) is 0 Å². The highest BCUT2D eigenvalue weighted by Gasteiger charge is 2.26. The zero-order chi connectivity index (χ0) is 12.3. The second kappa shape index (κ2) is 5.29. The SMILES string of the molecule is O=C1CN(C(=O)CCC2CCCC2)CC(=O)N1. The molecule has 5 nitrogen and oxygen atoms in total. The molecule has 2 fully saturated rings. The van der Waals surface area contributed by atoms with Crippen LogP contribution >= 0.6 is 0 Å². The fourth-order valence-corrected chi connectivity index (χ4v) is 2.60. The molecule has 5 heteroatoms. The number of hydrogen-bond acceptors (Lipinski definition) is 3. The lowest BCUT2D eigenvalue weighted by Gasteiger charge is -2.25. The molecule has 1 N–H and O–H groups in total. The van der Waals surface area contributed by atoms with Gasteiger partial charge in [-0.2, -0.15) is 0 Å². The number of carbonyl (C=O) groups is 3. The van der Waals surface area contributed by atoms with Crippen molar-refractivity contribution >= 4 is 17.7 Å². The van der Waals surface area contributed by atoms with Crippen molar-refractivity contribution < 1.29 is 14.4 Å². The van der Waals surface area contributed by atoms with Gasteiger partial charge in [-0.15, -0.1) is 0 Å². The fourth-order valence-electron chi connectivity index (χ4n) is 2.60. The Hall–Kier alpha value is -1.39. The first-order valence-electron chi connectivity index (χ1n) is 6.25. The Morgan fingerprint density at radius 3 is 2.35 bits per heavy atom. The van der Waals surface area contributed by atoms with Crippen molar-refractivity contribution in [3.05, 3.63) is 0 Å². The Kier molecular flexibility index (Phi) is 3.76. The van der Waals surface area contributed by atoms with Gasteiger partial charge in [-0.1, -0.05) is 25.7 Å². The summed E-state index contributed by atoms with van der Waals surface area (Å²) in [6, 6.07) is 0. The van der Waals surface area contributed by atoms with Crippen molar-refractivity contribution in [2.75, 3.05) is 13.1 Å². The molecule has 0 atom stereocenters. The minimum Gasteiger partial charge on any atom is -0.324 e. The first kappa shape index (κ1) is 12.1. The zero-order valence-corrected chi connectivity index (χ0v) is 9.91. The molecule has 0 bridgehead atoms. The predicted molar refractivity (Wildman–Crippen MR) is 60.9 cm³/mol. The zero-order valence-electron chi connectivity index (χ0n) is 9.91. The molecule has 0 aromatic carbocycles. The molecule has 3 amide bonds. The smallest absolute Gasteiger partial charge is 0.246 e. The van der Waals surface area contributed by atoms with Gasteiger partial charge in [0.2, 0.25) is 17.7 Å². The van der Waals surface area contributed by atoms with Gasteiger partial charge in [0.1, 0.15) is 13.1 Å². The molecule has 1 saturated carbocycles. The standard InChI is InChI=1S/C12H18N2O3/c15-10-7-14(8-11(16)13-10)12(17)6-5-9-3-1-2-4-9/h9H,1-8H2,(H,13,15,16). The summed E-state index contributed by atoms with van der Waals surface area (Å²) >= 11 is 0. The third-order valence-corrected chi connectivity index (χ3v) is 3.54. The summed E-state index contributed by atoms with van der Waals surface area (Å²) in [7, 11) is 0. The minimum absolute atomic E-state index is 0.0231. The van der Waals surface area contributed by atoms with Crippen molar-refractivity contribution in [2.24, 2.45) is 5.92 Å². The molecule has 0 aromatic rings. The highest BCUT2D eigenvalue weighted by atomic mass is 16.2. The van der Waals surface area contributed by atoms with E-state index in [1.807, 2.05) is 0 Å². The topological polar surface area (TPSA) is 66.5 Å². The number of piperazine rings is 1. The number of rotatable bonds is 3. The van der Waals surface area contributed by atoms with Gasteiger partial charge < -0.3 is 4.90 Å². The largest absolute Gasteiger partial charge is 0.324 e. The number of nitrogens with zero attached hydrogens (tertiary/aromatic N) is 1. The Balaban J connectivity index is 1.78. The van der Waals surface area contributed by atoms with Crippen molar-refractivity contribution in [1.29, 1.82) is 0 Å². The second-order valence-electron chi connectivity index (χ2n) is 4.91. The molecule has 94 valence electrons. The van der Waals surface area contributed by atoms with Crippen LogP contribution in [0.4, 0.5) is 0 Å². The van der Waals surface area contributed by atoms with Crippen LogP contribution < -0.4 is 5.32 Å². The molecule has 1 saturated heterocycles. The van der Waals surface area contributed by atoms with Crippen LogP contribution in [0.2, 0.25) is 0 Å². The van der Waals surface area contributed by atoms with E-state index in [2.05, 4.69) is 5.32 Å². The van der Waals surface area contributed by atoms with Crippen LogP contribution in [0.1, 0.15) is 38.5 Å². The Bertz CT molecular complexity index is 319. The molecule has 0 radical (unpaired) electrons. The maximum Gasteiger partial charge on any atom is 0.246 e. The average Bonchev–Trinajstić information content (AvgIpc) is 2.77. The average molecular weight is 238 g/mol. The van der Waals surface area contributed by atoms with E-state index >= 15 is 0 Å². The first-order valence-corrected chi connectivity index (χ1v) is 6.25. The summed E-state index contributed by atoms with van der Waals surface area (Å²) in [5.74, 6) is -0.167.